The van der Waals surface area contributed by atoms with Crippen molar-refractivity contribution >= 4 is 34.7 Å². The number of aromatic nitrogens is 2. The Kier molecular flexibility index (Phi) is 5.28. The molecule has 5 nitrogen and oxygen atoms in total. The van der Waals surface area contributed by atoms with Gasteiger partial charge in [0.05, 0.1) is 12.8 Å². The Morgan fingerprint density at radius 1 is 0.885 bits per heavy atom. The second kappa shape index (κ2) is 7.62. The SMILES string of the molecule is COc1ccc(Cl)cc1Nc1cc(C)nc(Nc2ccc(C)c(C)c2)n1. The second-order valence-corrected chi connectivity index (χ2v) is 6.55. The number of hydrogen-bond donors (Lipinski definition) is 2. The zero-order valence-electron chi connectivity index (χ0n) is 15.2. The van der Waals surface area contributed by atoms with Gasteiger partial charge in [-0.2, -0.15) is 4.98 Å². The second-order valence-electron chi connectivity index (χ2n) is 6.11. The fourth-order valence-corrected chi connectivity index (χ4v) is 2.72. The van der Waals surface area contributed by atoms with Crippen LogP contribution in [0.1, 0.15) is 16.8 Å². The summed E-state index contributed by atoms with van der Waals surface area (Å²) in [6, 6.07) is 13.4. The van der Waals surface area contributed by atoms with E-state index in [9.17, 15) is 0 Å². The minimum atomic E-state index is 0.525. The molecule has 0 aliphatic heterocycles. The lowest BCUT2D eigenvalue weighted by atomic mass is 10.1. The van der Waals surface area contributed by atoms with Gasteiger partial charge in [-0.15, -0.1) is 0 Å². The van der Waals surface area contributed by atoms with Gasteiger partial charge in [-0.05, 0) is 62.2 Å². The van der Waals surface area contributed by atoms with Crippen molar-refractivity contribution in [3.63, 3.8) is 0 Å². The highest BCUT2D eigenvalue weighted by Gasteiger charge is 2.08. The van der Waals surface area contributed by atoms with Crippen molar-refractivity contribution in [1.29, 1.82) is 0 Å². The molecule has 0 atom stereocenters. The number of ether oxygens (including phenoxy) is 1. The first-order valence-corrected chi connectivity index (χ1v) is 8.63. The van der Waals surface area contributed by atoms with E-state index in [1.165, 1.54) is 11.1 Å². The van der Waals surface area contributed by atoms with Crippen LogP contribution < -0.4 is 15.4 Å². The number of rotatable bonds is 5. The smallest absolute Gasteiger partial charge is 0.229 e. The molecule has 0 bridgehead atoms. The number of halogens is 1. The lowest BCUT2D eigenvalue weighted by Crippen LogP contribution is -2.03. The average molecular weight is 369 g/mol. The van der Waals surface area contributed by atoms with Crippen LogP contribution in [0.25, 0.3) is 0 Å². The molecule has 0 saturated carbocycles. The predicted molar refractivity (Wildman–Crippen MR) is 107 cm³/mol. The molecule has 1 aromatic heterocycles. The number of methoxy groups -OCH3 is 1. The fourth-order valence-electron chi connectivity index (χ4n) is 2.55. The van der Waals surface area contributed by atoms with Gasteiger partial charge in [0.2, 0.25) is 5.95 Å². The molecule has 3 rings (SSSR count). The van der Waals surface area contributed by atoms with Crippen LogP contribution in [-0.4, -0.2) is 17.1 Å². The molecule has 0 unspecified atom stereocenters. The Morgan fingerprint density at radius 2 is 1.69 bits per heavy atom. The largest absolute Gasteiger partial charge is 0.495 e. The van der Waals surface area contributed by atoms with E-state index in [1.807, 2.05) is 25.1 Å². The van der Waals surface area contributed by atoms with Gasteiger partial charge in [-0.3, -0.25) is 0 Å². The summed E-state index contributed by atoms with van der Waals surface area (Å²) < 4.78 is 5.37. The van der Waals surface area contributed by atoms with Crippen LogP contribution in [0.2, 0.25) is 5.02 Å². The van der Waals surface area contributed by atoms with Gasteiger partial charge < -0.3 is 15.4 Å². The van der Waals surface area contributed by atoms with Crippen molar-refractivity contribution in [2.75, 3.05) is 17.7 Å². The molecule has 1 heterocycles. The first-order chi connectivity index (χ1) is 12.4. The van der Waals surface area contributed by atoms with Crippen LogP contribution in [-0.2, 0) is 0 Å². The Labute approximate surface area is 158 Å². The first kappa shape index (κ1) is 18.0. The van der Waals surface area contributed by atoms with E-state index < -0.39 is 0 Å². The van der Waals surface area contributed by atoms with E-state index in [1.54, 1.807) is 19.2 Å². The van der Waals surface area contributed by atoms with E-state index in [-0.39, 0.29) is 0 Å². The zero-order valence-corrected chi connectivity index (χ0v) is 16.0. The van der Waals surface area contributed by atoms with Gasteiger partial charge in [-0.1, -0.05) is 17.7 Å². The molecule has 2 aromatic carbocycles. The number of anilines is 4. The quantitative estimate of drug-likeness (QED) is 0.618. The molecule has 6 heteroatoms. The van der Waals surface area contributed by atoms with Crippen LogP contribution in [0.3, 0.4) is 0 Å². The van der Waals surface area contributed by atoms with Crippen molar-refractivity contribution in [2.24, 2.45) is 0 Å². The van der Waals surface area contributed by atoms with Crippen molar-refractivity contribution in [3.8, 4) is 5.75 Å². The van der Waals surface area contributed by atoms with Gasteiger partial charge in [0, 0.05) is 22.5 Å². The van der Waals surface area contributed by atoms with Crippen LogP contribution in [0.5, 0.6) is 5.75 Å². The predicted octanol–water partition coefficient (Wildman–Crippen LogP) is 5.55. The van der Waals surface area contributed by atoms with Crippen molar-refractivity contribution in [1.82, 2.24) is 9.97 Å². The number of hydrogen-bond acceptors (Lipinski definition) is 5. The Hall–Kier alpha value is -2.79. The van der Waals surface area contributed by atoms with Crippen LogP contribution in [0.15, 0.2) is 42.5 Å². The van der Waals surface area contributed by atoms with Crippen LogP contribution >= 0.6 is 11.6 Å². The van der Waals surface area contributed by atoms with Crippen LogP contribution in [0, 0.1) is 20.8 Å². The molecule has 0 saturated heterocycles. The number of aryl methyl sites for hydroxylation is 3. The third kappa shape index (κ3) is 4.24. The Morgan fingerprint density at radius 3 is 2.42 bits per heavy atom. The summed E-state index contributed by atoms with van der Waals surface area (Å²) in [5, 5.41) is 7.13. The zero-order chi connectivity index (χ0) is 18.7. The average Bonchev–Trinajstić information content (AvgIpc) is 2.58. The molecule has 0 aliphatic carbocycles. The van der Waals surface area contributed by atoms with Crippen molar-refractivity contribution < 1.29 is 4.74 Å². The number of nitrogens with zero attached hydrogens (tertiary/aromatic N) is 2. The van der Waals surface area contributed by atoms with Gasteiger partial charge in [0.1, 0.15) is 11.6 Å². The molecular weight excluding hydrogens is 348 g/mol. The molecule has 0 aliphatic rings. The fraction of sp³-hybridized carbons (Fsp3) is 0.200. The van der Waals surface area contributed by atoms with E-state index in [2.05, 4.69) is 46.6 Å². The summed E-state index contributed by atoms with van der Waals surface area (Å²) >= 11 is 6.10. The molecule has 0 spiro atoms. The molecule has 0 amide bonds. The van der Waals surface area contributed by atoms with Gasteiger partial charge in [0.15, 0.2) is 0 Å². The van der Waals surface area contributed by atoms with E-state index in [0.717, 1.165) is 17.1 Å². The van der Waals surface area contributed by atoms with E-state index in [4.69, 9.17) is 16.3 Å². The summed E-state index contributed by atoms with van der Waals surface area (Å²) in [5.41, 5.74) is 5.00. The molecule has 0 radical (unpaired) electrons. The minimum absolute atomic E-state index is 0.525. The van der Waals surface area contributed by atoms with E-state index in [0.29, 0.717) is 22.5 Å². The minimum Gasteiger partial charge on any atom is -0.495 e. The summed E-state index contributed by atoms with van der Waals surface area (Å²) in [5.74, 6) is 1.87. The van der Waals surface area contributed by atoms with E-state index >= 15 is 0 Å². The molecule has 3 aromatic rings. The maximum absolute atomic E-state index is 6.10. The van der Waals surface area contributed by atoms with Gasteiger partial charge >= 0.3 is 0 Å². The summed E-state index contributed by atoms with van der Waals surface area (Å²) in [4.78, 5) is 9.01. The highest BCUT2D eigenvalue weighted by molar-refractivity contribution is 6.31. The number of benzene rings is 2. The molecule has 134 valence electrons. The standard InChI is InChI=1S/C20H21ClN4O/c1-12-5-7-16(9-13(12)2)23-20-22-14(3)10-19(25-20)24-17-11-15(21)6-8-18(17)26-4/h5-11H,1-4H3,(H2,22,23,24,25). The normalized spacial score (nSPS) is 10.5. The number of nitrogens with one attached hydrogen (secondary N) is 2. The molecule has 26 heavy (non-hydrogen) atoms. The highest BCUT2D eigenvalue weighted by Crippen LogP contribution is 2.30. The first-order valence-electron chi connectivity index (χ1n) is 8.25. The van der Waals surface area contributed by atoms with Crippen LogP contribution in [0.4, 0.5) is 23.1 Å². The van der Waals surface area contributed by atoms with Gasteiger partial charge in [-0.25, -0.2) is 4.98 Å². The monoisotopic (exact) mass is 368 g/mol. The van der Waals surface area contributed by atoms with Gasteiger partial charge in [0.25, 0.3) is 0 Å². The van der Waals surface area contributed by atoms with Crippen molar-refractivity contribution in [3.05, 3.63) is 64.3 Å². The molecule has 2 N–H and O–H groups in total. The molecule has 0 fully saturated rings. The third-order valence-corrected chi connectivity index (χ3v) is 4.28. The summed E-state index contributed by atoms with van der Waals surface area (Å²) in [7, 11) is 1.62. The third-order valence-electron chi connectivity index (χ3n) is 4.04. The maximum atomic E-state index is 6.10. The highest BCUT2D eigenvalue weighted by atomic mass is 35.5. The summed E-state index contributed by atoms with van der Waals surface area (Å²) in [6.07, 6.45) is 0. The summed E-state index contributed by atoms with van der Waals surface area (Å²) in [6.45, 7) is 6.09. The maximum Gasteiger partial charge on any atom is 0.229 e. The Bertz CT molecular complexity index is 943. The van der Waals surface area contributed by atoms with Crippen molar-refractivity contribution in [2.45, 2.75) is 20.8 Å². The topological polar surface area (TPSA) is 59.1 Å². The Balaban J connectivity index is 1.88. The lowest BCUT2D eigenvalue weighted by Gasteiger charge is -2.13. The molecular formula is C20H21ClN4O. The lowest BCUT2D eigenvalue weighted by molar-refractivity contribution is 0.417.